The highest BCUT2D eigenvalue weighted by Crippen LogP contribution is 2.32. The highest BCUT2D eigenvalue weighted by atomic mass is 35.5. The van der Waals surface area contributed by atoms with Crippen LogP contribution >= 0.6 is 22.9 Å². The summed E-state index contributed by atoms with van der Waals surface area (Å²) < 4.78 is 5.24. The Morgan fingerprint density at radius 1 is 1.08 bits per heavy atom. The van der Waals surface area contributed by atoms with E-state index in [1.165, 1.54) is 29.5 Å². The number of aryl methyl sites for hydroxylation is 1. The van der Waals surface area contributed by atoms with Gasteiger partial charge in [-0.2, -0.15) is 0 Å². The molecule has 0 radical (unpaired) electrons. The van der Waals surface area contributed by atoms with Gasteiger partial charge >= 0.3 is 5.97 Å². The topological polar surface area (TPSA) is 118 Å². The van der Waals surface area contributed by atoms with Gasteiger partial charge in [0.1, 0.15) is 10.7 Å². The SMILES string of the molecule is Cc1csc(NC(=O)c2cccc(NC3=C(Cl)C(=O)N(c4ccccc4C(=O)OC(C)C)C3=O)c2)n1. The van der Waals surface area contributed by atoms with E-state index < -0.39 is 23.9 Å². The van der Waals surface area contributed by atoms with Crippen molar-refractivity contribution in [2.45, 2.75) is 26.9 Å². The lowest BCUT2D eigenvalue weighted by molar-refractivity contribution is -0.120. The van der Waals surface area contributed by atoms with Crippen molar-refractivity contribution in [2.24, 2.45) is 0 Å². The molecule has 0 saturated carbocycles. The van der Waals surface area contributed by atoms with Gasteiger partial charge in [-0.15, -0.1) is 11.3 Å². The van der Waals surface area contributed by atoms with Gasteiger partial charge < -0.3 is 10.1 Å². The van der Waals surface area contributed by atoms with Gasteiger partial charge in [-0.05, 0) is 51.1 Å². The van der Waals surface area contributed by atoms with Gasteiger partial charge in [0.25, 0.3) is 17.7 Å². The molecule has 2 N–H and O–H groups in total. The number of para-hydroxylation sites is 1. The molecule has 4 rings (SSSR count). The predicted octanol–water partition coefficient (Wildman–Crippen LogP) is 4.70. The number of benzene rings is 2. The van der Waals surface area contributed by atoms with Crippen molar-refractivity contribution in [3.63, 3.8) is 0 Å². The first-order valence-corrected chi connectivity index (χ1v) is 12.1. The maximum atomic E-state index is 13.3. The lowest BCUT2D eigenvalue weighted by atomic mass is 10.1. The minimum absolute atomic E-state index is 0.0507. The number of nitrogens with zero attached hydrogens (tertiary/aromatic N) is 2. The van der Waals surface area contributed by atoms with Crippen LogP contribution in [0.5, 0.6) is 0 Å². The first-order valence-electron chi connectivity index (χ1n) is 10.8. The van der Waals surface area contributed by atoms with Crippen molar-refractivity contribution in [2.75, 3.05) is 15.5 Å². The number of amides is 3. The molecule has 184 valence electrons. The second-order valence-electron chi connectivity index (χ2n) is 8.06. The number of anilines is 3. The van der Waals surface area contributed by atoms with Gasteiger partial charge in [-0.25, -0.2) is 14.7 Å². The van der Waals surface area contributed by atoms with E-state index in [-0.39, 0.29) is 27.9 Å². The van der Waals surface area contributed by atoms with Gasteiger partial charge in [-0.1, -0.05) is 29.8 Å². The Morgan fingerprint density at radius 3 is 2.53 bits per heavy atom. The second-order valence-corrected chi connectivity index (χ2v) is 9.30. The fraction of sp³-hybridized carbons (Fsp3) is 0.160. The Hall–Kier alpha value is -4.02. The van der Waals surface area contributed by atoms with Crippen LogP contribution in [0.3, 0.4) is 0 Å². The Balaban J connectivity index is 1.57. The Morgan fingerprint density at radius 2 is 1.83 bits per heavy atom. The highest BCUT2D eigenvalue weighted by molar-refractivity contribution is 7.13. The van der Waals surface area contributed by atoms with E-state index in [9.17, 15) is 19.2 Å². The largest absolute Gasteiger partial charge is 0.459 e. The van der Waals surface area contributed by atoms with Crippen molar-refractivity contribution >= 4 is 63.1 Å². The van der Waals surface area contributed by atoms with E-state index in [0.717, 1.165) is 10.6 Å². The molecule has 0 aliphatic carbocycles. The molecule has 9 nitrogen and oxygen atoms in total. The summed E-state index contributed by atoms with van der Waals surface area (Å²) in [5.41, 5.74) is 1.39. The fourth-order valence-corrected chi connectivity index (χ4v) is 4.31. The molecular weight excluding hydrogens is 504 g/mol. The number of carbonyl (C=O) groups excluding carboxylic acids is 4. The van der Waals surface area contributed by atoms with Crippen LogP contribution in [0.15, 0.2) is 64.6 Å². The van der Waals surface area contributed by atoms with E-state index >= 15 is 0 Å². The maximum Gasteiger partial charge on any atom is 0.340 e. The van der Waals surface area contributed by atoms with Gasteiger partial charge in [0.2, 0.25) is 0 Å². The molecule has 0 unspecified atom stereocenters. The molecule has 1 aliphatic heterocycles. The van der Waals surface area contributed by atoms with Gasteiger partial charge in [0, 0.05) is 16.6 Å². The molecule has 3 amide bonds. The Bertz CT molecular complexity index is 1410. The van der Waals surface area contributed by atoms with Crippen LogP contribution in [0, 0.1) is 6.92 Å². The first-order chi connectivity index (χ1) is 17.2. The molecular formula is C25H21ClN4O5S. The minimum Gasteiger partial charge on any atom is -0.459 e. The third-order valence-electron chi connectivity index (χ3n) is 4.97. The third kappa shape index (κ3) is 5.14. The smallest absolute Gasteiger partial charge is 0.340 e. The number of thiazole rings is 1. The number of aromatic nitrogens is 1. The van der Waals surface area contributed by atoms with Crippen molar-refractivity contribution < 1.29 is 23.9 Å². The average molecular weight is 525 g/mol. The summed E-state index contributed by atoms with van der Waals surface area (Å²) in [4.78, 5) is 56.4. The van der Waals surface area contributed by atoms with Gasteiger partial charge in [-0.3, -0.25) is 19.7 Å². The minimum atomic E-state index is -0.790. The summed E-state index contributed by atoms with van der Waals surface area (Å²) in [7, 11) is 0. The number of ether oxygens (including phenoxy) is 1. The summed E-state index contributed by atoms with van der Waals surface area (Å²) in [5.74, 6) is -2.60. The predicted molar refractivity (Wildman–Crippen MR) is 137 cm³/mol. The van der Waals surface area contributed by atoms with Crippen LogP contribution in [0.2, 0.25) is 0 Å². The van der Waals surface area contributed by atoms with Crippen LogP contribution < -0.4 is 15.5 Å². The zero-order valence-corrected chi connectivity index (χ0v) is 21.1. The van der Waals surface area contributed by atoms with Crippen LogP contribution in [0.25, 0.3) is 0 Å². The second kappa shape index (κ2) is 10.3. The molecule has 1 aliphatic rings. The van der Waals surface area contributed by atoms with E-state index in [1.807, 2.05) is 12.3 Å². The number of hydrogen-bond acceptors (Lipinski definition) is 8. The van der Waals surface area contributed by atoms with Crippen LogP contribution in [-0.2, 0) is 14.3 Å². The lowest BCUT2D eigenvalue weighted by Gasteiger charge is -2.19. The zero-order valence-electron chi connectivity index (χ0n) is 19.5. The van der Waals surface area contributed by atoms with Crippen LogP contribution in [-0.4, -0.2) is 34.8 Å². The summed E-state index contributed by atoms with van der Waals surface area (Å²) in [6, 6.07) is 12.5. The zero-order chi connectivity index (χ0) is 26.0. The van der Waals surface area contributed by atoms with Crippen molar-refractivity contribution in [1.29, 1.82) is 0 Å². The fourth-order valence-electron chi connectivity index (χ4n) is 3.41. The standard InChI is InChI=1S/C25H21ClN4O5S/c1-13(2)35-24(34)17-9-4-5-10-18(17)30-22(32)19(26)20(23(30)33)28-16-8-6-7-15(11-16)21(31)29-25-27-14(3)12-36-25/h4-13,28H,1-3H3,(H,27,29,31). The summed E-state index contributed by atoms with van der Waals surface area (Å²) >= 11 is 7.55. The van der Waals surface area contributed by atoms with E-state index in [4.69, 9.17) is 16.3 Å². The molecule has 3 aromatic rings. The van der Waals surface area contributed by atoms with E-state index in [2.05, 4.69) is 15.6 Å². The summed E-state index contributed by atoms with van der Waals surface area (Å²) in [6.07, 6.45) is -0.390. The van der Waals surface area contributed by atoms with Gasteiger partial charge in [0.15, 0.2) is 5.13 Å². The number of halogens is 1. The molecule has 2 heterocycles. The van der Waals surface area contributed by atoms with Crippen molar-refractivity contribution in [3.05, 3.63) is 81.5 Å². The number of hydrogen-bond donors (Lipinski definition) is 2. The molecule has 0 bridgehead atoms. The van der Waals surface area contributed by atoms with E-state index in [0.29, 0.717) is 16.4 Å². The third-order valence-corrected chi connectivity index (χ3v) is 6.19. The molecule has 0 spiro atoms. The number of rotatable bonds is 7. The molecule has 0 saturated heterocycles. The number of nitrogens with one attached hydrogen (secondary N) is 2. The number of imide groups is 1. The Kier molecular flexibility index (Phi) is 7.18. The monoisotopic (exact) mass is 524 g/mol. The maximum absolute atomic E-state index is 13.3. The Labute approximate surface area is 215 Å². The van der Waals surface area contributed by atoms with Crippen LogP contribution in [0.4, 0.5) is 16.5 Å². The van der Waals surface area contributed by atoms with Crippen molar-refractivity contribution in [1.82, 2.24) is 4.98 Å². The molecule has 2 aromatic carbocycles. The molecule has 0 fully saturated rings. The quantitative estimate of drug-likeness (QED) is 0.339. The highest BCUT2D eigenvalue weighted by Gasteiger charge is 2.40. The normalized spacial score (nSPS) is 13.4. The number of esters is 1. The van der Waals surface area contributed by atoms with Crippen LogP contribution in [0.1, 0.15) is 40.3 Å². The average Bonchev–Trinajstić information content (AvgIpc) is 3.34. The number of carbonyl (C=O) groups is 4. The molecule has 11 heteroatoms. The van der Waals surface area contributed by atoms with Crippen molar-refractivity contribution in [3.8, 4) is 0 Å². The summed E-state index contributed by atoms with van der Waals surface area (Å²) in [6.45, 7) is 5.21. The molecule has 1 aromatic heterocycles. The van der Waals surface area contributed by atoms with Gasteiger partial charge in [0.05, 0.1) is 23.0 Å². The lowest BCUT2D eigenvalue weighted by Crippen LogP contribution is -2.34. The summed E-state index contributed by atoms with van der Waals surface area (Å²) in [5, 5.41) is 7.49. The first kappa shape index (κ1) is 25.1. The van der Waals surface area contributed by atoms with E-state index in [1.54, 1.807) is 44.2 Å². The molecule has 0 atom stereocenters. The molecule has 36 heavy (non-hydrogen) atoms.